The molecule has 3 rings (SSSR count). The standard InChI is InChI=1S/C16H16N2OS2/c1-19-15-7-6-12(10-17-15)11-18-16(13-4-2-8-20-13)14-5-3-9-21-14/h2-10,16,18H,11H2,1H3. The first-order valence-corrected chi connectivity index (χ1v) is 8.42. The summed E-state index contributed by atoms with van der Waals surface area (Å²) in [5.74, 6) is 0.645. The van der Waals surface area contributed by atoms with E-state index in [2.05, 4.69) is 45.3 Å². The second kappa shape index (κ2) is 6.85. The monoisotopic (exact) mass is 316 g/mol. The number of methoxy groups -OCH3 is 1. The van der Waals surface area contributed by atoms with Gasteiger partial charge in [-0.3, -0.25) is 0 Å². The van der Waals surface area contributed by atoms with E-state index in [0.717, 1.165) is 12.1 Å². The second-order valence-electron chi connectivity index (χ2n) is 4.55. The van der Waals surface area contributed by atoms with Crippen molar-refractivity contribution in [3.63, 3.8) is 0 Å². The topological polar surface area (TPSA) is 34.1 Å². The van der Waals surface area contributed by atoms with Crippen LogP contribution in [-0.2, 0) is 6.54 Å². The number of hydrogen-bond donors (Lipinski definition) is 1. The highest BCUT2D eigenvalue weighted by atomic mass is 32.1. The van der Waals surface area contributed by atoms with E-state index in [4.69, 9.17) is 4.74 Å². The molecule has 3 aromatic rings. The van der Waals surface area contributed by atoms with Gasteiger partial charge in [-0.05, 0) is 28.5 Å². The van der Waals surface area contributed by atoms with Gasteiger partial charge in [-0.1, -0.05) is 18.2 Å². The minimum Gasteiger partial charge on any atom is -0.481 e. The van der Waals surface area contributed by atoms with E-state index in [1.54, 1.807) is 29.8 Å². The minimum atomic E-state index is 0.243. The number of pyridine rings is 1. The summed E-state index contributed by atoms with van der Waals surface area (Å²) in [5, 5.41) is 7.85. The van der Waals surface area contributed by atoms with Crippen molar-refractivity contribution in [2.75, 3.05) is 7.11 Å². The molecule has 5 heteroatoms. The maximum Gasteiger partial charge on any atom is 0.212 e. The number of thiophene rings is 2. The lowest BCUT2D eigenvalue weighted by atomic mass is 10.2. The molecular formula is C16H16N2OS2. The van der Waals surface area contributed by atoms with Crippen molar-refractivity contribution in [1.29, 1.82) is 0 Å². The van der Waals surface area contributed by atoms with Crippen LogP contribution < -0.4 is 10.1 Å². The molecule has 3 nitrogen and oxygen atoms in total. The average Bonchev–Trinajstić information content (AvgIpc) is 3.22. The smallest absolute Gasteiger partial charge is 0.212 e. The molecular weight excluding hydrogens is 300 g/mol. The molecule has 0 aliphatic rings. The Morgan fingerprint density at radius 1 is 1.10 bits per heavy atom. The lowest BCUT2D eigenvalue weighted by Gasteiger charge is -2.16. The fourth-order valence-corrected chi connectivity index (χ4v) is 3.82. The Labute approximate surface area is 132 Å². The van der Waals surface area contributed by atoms with Crippen LogP contribution in [0, 0.1) is 0 Å². The Kier molecular flexibility index (Phi) is 4.65. The number of nitrogens with zero attached hydrogens (tertiary/aromatic N) is 1. The third-order valence-electron chi connectivity index (χ3n) is 3.17. The fraction of sp³-hybridized carbons (Fsp3) is 0.188. The third-order valence-corrected chi connectivity index (χ3v) is 5.05. The zero-order chi connectivity index (χ0) is 14.5. The SMILES string of the molecule is COc1ccc(CNC(c2cccs2)c2cccs2)cn1. The molecule has 3 aromatic heterocycles. The molecule has 0 aliphatic carbocycles. The van der Waals surface area contributed by atoms with Crippen LogP contribution in [0.4, 0.5) is 0 Å². The van der Waals surface area contributed by atoms with Crippen molar-refractivity contribution in [3.05, 3.63) is 68.7 Å². The molecule has 0 amide bonds. The van der Waals surface area contributed by atoms with Crippen LogP contribution in [0.1, 0.15) is 21.4 Å². The van der Waals surface area contributed by atoms with Crippen molar-refractivity contribution >= 4 is 22.7 Å². The summed E-state index contributed by atoms with van der Waals surface area (Å²) in [6, 6.07) is 12.7. The molecule has 0 aliphatic heterocycles. The molecule has 0 unspecified atom stereocenters. The molecule has 0 saturated heterocycles. The van der Waals surface area contributed by atoms with Gasteiger partial charge < -0.3 is 10.1 Å². The first-order valence-electron chi connectivity index (χ1n) is 6.66. The van der Waals surface area contributed by atoms with E-state index in [-0.39, 0.29) is 6.04 Å². The molecule has 0 bridgehead atoms. The highest BCUT2D eigenvalue weighted by Crippen LogP contribution is 2.29. The van der Waals surface area contributed by atoms with Crippen molar-refractivity contribution in [2.45, 2.75) is 12.6 Å². The summed E-state index contributed by atoms with van der Waals surface area (Å²) in [6.07, 6.45) is 1.85. The number of hydrogen-bond acceptors (Lipinski definition) is 5. The van der Waals surface area contributed by atoms with Crippen LogP contribution in [-0.4, -0.2) is 12.1 Å². The van der Waals surface area contributed by atoms with Crippen molar-refractivity contribution in [1.82, 2.24) is 10.3 Å². The molecule has 3 heterocycles. The molecule has 21 heavy (non-hydrogen) atoms. The maximum atomic E-state index is 5.08. The predicted octanol–water partition coefficient (Wildman–Crippen LogP) is 4.09. The zero-order valence-corrected chi connectivity index (χ0v) is 13.3. The summed E-state index contributed by atoms with van der Waals surface area (Å²) in [6.45, 7) is 0.775. The van der Waals surface area contributed by atoms with Crippen LogP contribution >= 0.6 is 22.7 Å². The fourth-order valence-electron chi connectivity index (χ4n) is 2.11. The molecule has 0 fully saturated rings. The number of ether oxygens (including phenoxy) is 1. The summed E-state index contributed by atoms with van der Waals surface area (Å²) >= 11 is 3.56. The molecule has 0 saturated carbocycles. The van der Waals surface area contributed by atoms with Gasteiger partial charge in [0, 0.05) is 28.6 Å². The lowest BCUT2D eigenvalue weighted by molar-refractivity contribution is 0.397. The van der Waals surface area contributed by atoms with Gasteiger partial charge >= 0.3 is 0 Å². The van der Waals surface area contributed by atoms with Gasteiger partial charge in [0.15, 0.2) is 0 Å². The van der Waals surface area contributed by atoms with E-state index < -0.39 is 0 Å². The summed E-state index contributed by atoms with van der Waals surface area (Å²) in [4.78, 5) is 6.91. The molecule has 1 N–H and O–H groups in total. The summed E-state index contributed by atoms with van der Waals surface area (Å²) in [5.41, 5.74) is 1.15. The van der Waals surface area contributed by atoms with Crippen molar-refractivity contribution in [2.24, 2.45) is 0 Å². The Balaban J connectivity index is 1.73. The Morgan fingerprint density at radius 3 is 2.29 bits per heavy atom. The number of nitrogens with one attached hydrogen (secondary N) is 1. The molecule has 0 aromatic carbocycles. The van der Waals surface area contributed by atoms with Gasteiger partial charge in [0.2, 0.25) is 5.88 Å². The van der Waals surface area contributed by atoms with Gasteiger partial charge in [-0.2, -0.15) is 0 Å². The molecule has 0 atom stereocenters. The van der Waals surface area contributed by atoms with Gasteiger partial charge in [0.25, 0.3) is 0 Å². The van der Waals surface area contributed by atoms with Gasteiger partial charge in [-0.15, -0.1) is 22.7 Å². The first-order chi connectivity index (χ1) is 10.4. The van der Waals surface area contributed by atoms with Crippen LogP contribution in [0.2, 0.25) is 0 Å². The van der Waals surface area contributed by atoms with E-state index >= 15 is 0 Å². The highest BCUT2D eigenvalue weighted by Gasteiger charge is 2.15. The minimum absolute atomic E-state index is 0.243. The Hall–Kier alpha value is -1.69. The van der Waals surface area contributed by atoms with E-state index in [1.165, 1.54) is 9.75 Å². The number of aromatic nitrogens is 1. The molecule has 0 radical (unpaired) electrons. The van der Waals surface area contributed by atoms with E-state index in [9.17, 15) is 0 Å². The van der Waals surface area contributed by atoms with Crippen LogP contribution in [0.25, 0.3) is 0 Å². The highest BCUT2D eigenvalue weighted by molar-refractivity contribution is 7.11. The largest absolute Gasteiger partial charge is 0.481 e. The number of rotatable bonds is 6. The van der Waals surface area contributed by atoms with Crippen molar-refractivity contribution < 1.29 is 4.74 Å². The summed E-state index contributed by atoms with van der Waals surface area (Å²) in [7, 11) is 1.63. The van der Waals surface area contributed by atoms with Crippen LogP contribution in [0.3, 0.4) is 0 Å². The average molecular weight is 316 g/mol. The van der Waals surface area contributed by atoms with E-state index in [1.807, 2.05) is 18.3 Å². The van der Waals surface area contributed by atoms with Crippen LogP contribution in [0.15, 0.2) is 53.4 Å². The predicted molar refractivity (Wildman–Crippen MR) is 88.1 cm³/mol. The Bertz CT molecular complexity index is 614. The molecule has 108 valence electrons. The zero-order valence-electron chi connectivity index (χ0n) is 11.7. The third kappa shape index (κ3) is 3.50. The van der Waals surface area contributed by atoms with E-state index in [0.29, 0.717) is 5.88 Å². The maximum absolute atomic E-state index is 5.08. The van der Waals surface area contributed by atoms with Crippen molar-refractivity contribution in [3.8, 4) is 5.88 Å². The first kappa shape index (κ1) is 14.3. The van der Waals surface area contributed by atoms with Gasteiger partial charge in [0.05, 0.1) is 13.2 Å². The van der Waals surface area contributed by atoms with Gasteiger partial charge in [0.1, 0.15) is 0 Å². The Morgan fingerprint density at radius 2 is 1.81 bits per heavy atom. The van der Waals surface area contributed by atoms with Crippen LogP contribution in [0.5, 0.6) is 5.88 Å². The van der Waals surface area contributed by atoms with Gasteiger partial charge in [-0.25, -0.2) is 4.98 Å². The second-order valence-corrected chi connectivity index (χ2v) is 6.51. The summed E-state index contributed by atoms with van der Waals surface area (Å²) < 4.78 is 5.08. The molecule has 0 spiro atoms. The lowest BCUT2D eigenvalue weighted by Crippen LogP contribution is -2.20. The normalized spacial score (nSPS) is 11.0. The quantitative estimate of drug-likeness (QED) is 0.743.